The molecule has 126 valence electrons. The van der Waals surface area contributed by atoms with E-state index in [-0.39, 0.29) is 11.9 Å². The van der Waals surface area contributed by atoms with Gasteiger partial charge in [-0.15, -0.1) is 0 Å². The summed E-state index contributed by atoms with van der Waals surface area (Å²) < 4.78 is 6.94. The molecule has 0 bridgehead atoms. The van der Waals surface area contributed by atoms with Crippen molar-refractivity contribution in [3.8, 4) is 5.75 Å². The molecule has 3 aromatic rings. The zero-order valence-electron chi connectivity index (χ0n) is 13.9. The maximum absolute atomic E-state index is 12.8. The zero-order valence-corrected chi connectivity index (χ0v) is 15.4. The van der Waals surface area contributed by atoms with Crippen LogP contribution in [0.5, 0.6) is 5.75 Å². The minimum Gasteiger partial charge on any atom is -0.485 e. The molecule has 0 aliphatic carbocycles. The summed E-state index contributed by atoms with van der Waals surface area (Å²) in [7, 11) is 0. The van der Waals surface area contributed by atoms with Gasteiger partial charge in [0.15, 0.2) is 5.78 Å². The van der Waals surface area contributed by atoms with Crippen molar-refractivity contribution in [2.75, 3.05) is 0 Å². The van der Waals surface area contributed by atoms with Crippen molar-refractivity contribution < 1.29 is 9.53 Å². The number of Topliss-reactive ketones (excluding diaryl/α,β-unsaturated/α-hetero) is 1. The highest BCUT2D eigenvalue weighted by atomic mass is 79.9. The van der Waals surface area contributed by atoms with Gasteiger partial charge in [-0.3, -0.25) is 9.78 Å². The molecule has 0 amide bonds. The molecule has 0 aliphatic heterocycles. The van der Waals surface area contributed by atoms with Crippen molar-refractivity contribution in [2.45, 2.75) is 19.4 Å². The predicted octanol–water partition coefficient (Wildman–Crippen LogP) is 5.41. The van der Waals surface area contributed by atoms with Gasteiger partial charge in [-0.05, 0) is 42.3 Å². The van der Waals surface area contributed by atoms with E-state index in [4.69, 9.17) is 4.74 Å². The van der Waals surface area contributed by atoms with Crippen molar-refractivity contribution >= 4 is 21.7 Å². The Morgan fingerprint density at radius 1 is 1.12 bits per heavy atom. The number of hydrogen-bond donors (Lipinski definition) is 0. The molecule has 25 heavy (non-hydrogen) atoms. The second-order valence-corrected chi connectivity index (χ2v) is 6.69. The van der Waals surface area contributed by atoms with E-state index >= 15 is 0 Å². The second-order valence-electron chi connectivity index (χ2n) is 5.77. The van der Waals surface area contributed by atoms with Crippen LogP contribution in [0, 0.1) is 0 Å². The van der Waals surface area contributed by atoms with Gasteiger partial charge in [-0.25, -0.2) is 0 Å². The Morgan fingerprint density at radius 3 is 2.64 bits per heavy atom. The first-order chi connectivity index (χ1) is 12.1. The molecule has 0 aliphatic rings. The SMILES string of the molecule is CC(Oc1ccc(Br)cc1C(=O)Cc1cccnc1)c1ccccc1. The Kier molecular flexibility index (Phi) is 5.61. The summed E-state index contributed by atoms with van der Waals surface area (Å²) in [5.41, 5.74) is 2.52. The number of rotatable bonds is 6. The topological polar surface area (TPSA) is 39.2 Å². The maximum Gasteiger partial charge on any atom is 0.171 e. The van der Waals surface area contributed by atoms with Crippen molar-refractivity contribution in [2.24, 2.45) is 0 Å². The van der Waals surface area contributed by atoms with E-state index in [9.17, 15) is 4.79 Å². The van der Waals surface area contributed by atoms with E-state index in [2.05, 4.69) is 20.9 Å². The third-order valence-corrected chi connectivity index (χ3v) is 4.40. The lowest BCUT2D eigenvalue weighted by molar-refractivity contribution is 0.0986. The van der Waals surface area contributed by atoms with Crippen LogP contribution >= 0.6 is 15.9 Å². The Labute approximate surface area is 155 Å². The van der Waals surface area contributed by atoms with Gasteiger partial charge in [0.2, 0.25) is 0 Å². The average molecular weight is 396 g/mol. The molecule has 1 unspecified atom stereocenters. The van der Waals surface area contributed by atoms with Gasteiger partial charge >= 0.3 is 0 Å². The quantitative estimate of drug-likeness (QED) is 0.523. The number of benzene rings is 2. The van der Waals surface area contributed by atoms with Crippen LogP contribution in [0.15, 0.2) is 77.5 Å². The molecule has 0 saturated heterocycles. The molecule has 0 N–H and O–H groups in total. The van der Waals surface area contributed by atoms with Gasteiger partial charge in [-0.2, -0.15) is 0 Å². The van der Waals surface area contributed by atoms with Gasteiger partial charge in [0.25, 0.3) is 0 Å². The van der Waals surface area contributed by atoms with E-state index in [1.54, 1.807) is 12.4 Å². The van der Waals surface area contributed by atoms with Gasteiger partial charge in [-0.1, -0.05) is 52.3 Å². The number of carbonyl (C=O) groups excluding carboxylic acids is 1. The lowest BCUT2D eigenvalue weighted by Gasteiger charge is -2.18. The third-order valence-electron chi connectivity index (χ3n) is 3.90. The number of aromatic nitrogens is 1. The lowest BCUT2D eigenvalue weighted by Crippen LogP contribution is -2.10. The number of hydrogen-bond acceptors (Lipinski definition) is 3. The van der Waals surface area contributed by atoms with E-state index in [0.717, 1.165) is 15.6 Å². The smallest absolute Gasteiger partial charge is 0.171 e. The number of ether oxygens (including phenoxy) is 1. The summed E-state index contributed by atoms with van der Waals surface area (Å²) in [6.45, 7) is 1.98. The number of carbonyl (C=O) groups is 1. The molecule has 1 heterocycles. The van der Waals surface area contributed by atoms with Crippen LogP contribution in [0.3, 0.4) is 0 Å². The minimum absolute atomic E-state index is 0.00422. The maximum atomic E-state index is 12.8. The van der Waals surface area contributed by atoms with E-state index in [0.29, 0.717) is 17.7 Å². The Bertz CT molecular complexity index is 850. The third kappa shape index (κ3) is 4.54. The average Bonchev–Trinajstić information content (AvgIpc) is 2.64. The normalized spacial score (nSPS) is 11.8. The molecular weight excluding hydrogens is 378 g/mol. The van der Waals surface area contributed by atoms with Crippen LogP contribution in [-0.2, 0) is 6.42 Å². The number of pyridine rings is 1. The summed E-state index contributed by atoms with van der Waals surface area (Å²) in [4.78, 5) is 16.8. The first-order valence-electron chi connectivity index (χ1n) is 8.07. The van der Waals surface area contributed by atoms with Crippen LogP contribution in [0.2, 0.25) is 0 Å². The lowest BCUT2D eigenvalue weighted by atomic mass is 10.0. The fourth-order valence-electron chi connectivity index (χ4n) is 2.59. The Hall–Kier alpha value is -2.46. The van der Waals surface area contributed by atoms with Gasteiger partial charge in [0.05, 0.1) is 5.56 Å². The first kappa shape index (κ1) is 17.4. The van der Waals surface area contributed by atoms with E-state index in [1.165, 1.54) is 0 Å². The van der Waals surface area contributed by atoms with Crippen molar-refractivity contribution in [3.05, 3.63) is 94.2 Å². The largest absolute Gasteiger partial charge is 0.485 e. The zero-order chi connectivity index (χ0) is 17.6. The molecule has 3 nitrogen and oxygen atoms in total. The van der Waals surface area contributed by atoms with Crippen LogP contribution in [-0.4, -0.2) is 10.8 Å². The molecule has 3 rings (SSSR count). The van der Waals surface area contributed by atoms with Crippen molar-refractivity contribution in [1.82, 2.24) is 4.98 Å². The number of halogens is 1. The number of ketones is 1. The molecule has 0 radical (unpaired) electrons. The summed E-state index contributed by atoms with van der Waals surface area (Å²) in [6, 6.07) is 19.2. The monoisotopic (exact) mass is 395 g/mol. The standard InChI is InChI=1S/C21H18BrNO2/c1-15(17-7-3-2-4-8-17)25-21-10-9-18(22)13-19(21)20(24)12-16-6-5-11-23-14-16/h2-11,13-15H,12H2,1H3. The van der Waals surface area contributed by atoms with Gasteiger partial charge in [0.1, 0.15) is 11.9 Å². The first-order valence-corrected chi connectivity index (χ1v) is 8.86. The summed E-state index contributed by atoms with van der Waals surface area (Å²) in [5.74, 6) is 0.595. The van der Waals surface area contributed by atoms with E-state index in [1.807, 2.05) is 67.6 Å². The molecule has 1 aromatic heterocycles. The molecule has 0 saturated carbocycles. The second kappa shape index (κ2) is 8.08. The predicted molar refractivity (Wildman–Crippen MR) is 102 cm³/mol. The van der Waals surface area contributed by atoms with E-state index < -0.39 is 0 Å². The summed E-state index contributed by atoms with van der Waals surface area (Å²) >= 11 is 3.44. The fourth-order valence-corrected chi connectivity index (χ4v) is 2.95. The van der Waals surface area contributed by atoms with Crippen LogP contribution in [0.25, 0.3) is 0 Å². The Morgan fingerprint density at radius 2 is 1.92 bits per heavy atom. The van der Waals surface area contributed by atoms with Crippen LogP contribution in [0.4, 0.5) is 0 Å². The summed E-state index contributed by atoms with van der Waals surface area (Å²) in [6.07, 6.45) is 3.55. The fraction of sp³-hybridized carbons (Fsp3) is 0.143. The van der Waals surface area contributed by atoms with Gasteiger partial charge in [0, 0.05) is 23.3 Å². The molecule has 2 aromatic carbocycles. The molecule has 0 spiro atoms. The number of nitrogens with zero attached hydrogens (tertiary/aromatic N) is 1. The minimum atomic E-state index is -0.146. The highest BCUT2D eigenvalue weighted by Gasteiger charge is 2.16. The summed E-state index contributed by atoms with van der Waals surface area (Å²) in [5, 5.41) is 0. The molecule has 1 atom stereocenters. The van der Waals surface area contributed by atoms with Crippen molar-refractivity contribution in [3.63, 3.8) is 0 Å². The van der Waals surface area contributed by atoms with Gasteiger partial charge < -0.3 is 4.74 Å². The molecule has 0 fully saturated rings. The van der Waals surface area contributed by atoms with Crippen LogP contribution in [0.1, 0.15) is 34.5 Å². The molecule has 4 heteroatoms. The Balaban J connectivity index is 1.84. The van der Waals surface area contributed by atoms with Crippen molar-refractivity contribution in [1.29, 1.82) is 0 Å². The highest BCUT2D eigenvalue weighted by molar-refractivity contribution is 9.10. The van der Waals surface area contributed by atoms with Crippen LogP contribution < -0.4 is 4.74 Å². The highest BCUT2D eigenvalue weighted by Crippen LogP contribution is 2.29. The molecular formula is C21H18BrNO2.